The number of carbonyl (C=O) groups is 3. The van der Waals surface area contributed by atoms with Crippen LogP contribution >= 0.6 is 0 Å². The number of carbonyl (C=O) groups excluding carboxylic acids is 3. The lowest BCUT2D eigenvalue weighted by Gasteiger charge is -2.21. The third-order valence-corrected chi connectivity index (χ3v) is 2.77. The van der Waals surface area contributed by atoms with E-state index in [2.05, 4.69) is 0 Å². The maximum atomic E-state index is 11.7. The van der Waals surface area contributed by atoms with Crippen LogP contribution in [0.3, 0.4) is 0 Å². The van der Waals surface area contributed by atoms with Crippen molar-refractivity contribution in [3.05, 3.63) is 0 Å². The van der Waals surface area contributed by atoms with Crippen LogP contribution in [0.2, 0.25) is 0 Å². The molecule has 0 aliphatic carbocycles. The molecule has 5 heteroatoms. The van der Waals surface area contributed by atoms with E-state index in [-0.39, 0.29) is 43.5 Å². The standard InChI is InChI=1S/C12H20N2O3/c1-9(2)8-13(3)10(15)6-7-14-11(16)4-5-12(14)17/h9H,4-8H2,1-3H3. The zero-order valence-corrected chi connectivity index (χ0v) is 10.7. The Morgan fingerprint density at radius 3 is 2.29 bits per heavy atom. The fourth-order valence-electron chi connectivity index (χ4n) is 1.92. The molecule has 0 radical (unpaired) electrons. The minimum Gasteiger partial charge on any atom is -0.345 e. The van der Waals surface area contributed by atoms with Crippen molar-refractivity contribution in [3.63, 3.8) is 0 Å². The van der Waals surface area contributed by atoms with Crippen LogP contribution in [0.5, 0.6) is 0 Å². The number of amides is 3. The Labute approximate surface area is 102 Å². The Kier molecular flexibility index (Phi) is 4.66. The summed E-state index contributed by atoms with van der Waals surface area (Å²) < 4.78 is 0. The fourth-order valence-corrected chi connectivity index (χ4v) is 1.92. The van der Waals surface area contributed by atoms with Crippen molar-refractivity contribution >= 4 is 17.7 Å². The lowest BCUT2D eigenvalue weighted by atomic mass is 10.2. The summed E-state index contributed by atoms with van der Waals surface area (Å²) in [6.45, 7) is 4.99. The molecule has 0 unspecified atom stereocenters. The Bertz CT molecular complexity index is 310. The van der Waals surface area contributed by atoms with E-state index in [1.165, 1.54) is 4.90 Å². The second kappa shape index (κ2) is 5.80. The average molecular weight is 240 g/mol. The van der Waals surface area contributed by atoms with Crippen LogP contribution in [-0.2, 0) is 14.4 Å². The van der Waals surface area contributed by atoms with Gasteiger partial charge in [0.1, 0.15) is 0 Å². The van der Waals surface area contributed by atoms with Gasteiger partial charge in [0.2, 0.25) is 17.7 Å². The van der Waals surface area contributed by atoms with Gasteiger partial charge in [0.15, 0.2) is 0 Å². The van der Waals surface area contributed by atoms with Crippen molar-refractivity contribution in [2.45, 2.75) is 33.1 Å². The van der Waals surface area contributed by atoms with E-state index in [1.807, 2.05) is 13.8 Å². The summed E-state index contributed by atoms with van der Waals surface area (Å²) in [6, 6.07) is 0. The summed E-state index contributed by atoms with van der Waals surface area (Å²) >= 11 is 0. The molecule has 1 fully saturated rings. The van der Waals surface area contributed by atoms with E-state index in [0.29, 0.717) is 12.5 Å². The average Bonchev–Trinajstić information content (AvgIpc) is 2.54. The number of likely N-dealkylation sites (tertiary alicyclic amines) is 1. The number of imide groups is 1. The van der Waals surface area contributed by atoms with Crippen LogP contribution < -0.4 is 0 Å². The summed E-state index contributed by atoms with van der Waals surface area (Å²) in [7, 11) is 1.75. The second-order valence-corrected chi connectivity index (χ2v) is 4.86. The van der Waals surface area contributed by atoms with Gasteiger partial charge in [0.25, 0.3) is 0 Å². The molecule has 1 saturated heterocycles. The van der Waals surface area contributed by atoms with Crippen LogP contribution in [0.15, 0.2) is 0 Å². The predicted molar refractivity (Wildman–Crippen MR) is 63.0 cm³/mol. The molecule has 1 aliphatic rings. The number of hydrogen-bond donors (Lipinski definition) is 0. The molecular formula is C12H20N2O3. The van der Waals surface area contributed by atoms with Crippen LogP contribution in [0.25, 0.3) is 0 Å². The highest BCUT2D eigenvalue weighted by molar-refractivity contribution is 6.02. The normalized spacial score (nSPS) is 15.9. The van der Waals surface area contributed by atoms with Gasteiger partial charge in [0.05, 0.1) is 0 Å². The van der Waals surface area contributed by atoms with Gasteiger partial charge in [-0.2, -0.15) is 0 Å². The molecule has 0 aromatic carbocycles. The van der Waals surface area contributed by atoms with Crippen molar-refractivity contribution in [2.24, 2.45) is 5.92 Å². The van der Waals surface area contributed by atoms with Gasteiger partial charge >= 0.3 is 0 Å². The summed E-state index contributed by atoms with van der Waals surface area (Å²) in [5.74, 6) is 0.0776. The monoisotopic (exact) mass is 240 g/mol. The van der Waals surface area contributed by atoms with Crippen molar-refractivity contribution in [3.8, 4) is 0 Å². The lowest BCUT2D eigenvalue weighted by molar-refractivity contribution is -0.139. The van der Waals surface area contributed by atoms with Gasteiger partial charge in [-0.3, -0.25) is 19.3 Å². The van der Waals surface area contributed by atoms with Gasteiger partial charge < -0.3 is 4.90 Å². The first-order valence-corrected chi connectivity index (χ1v) is 5.99. The van der Waals surface area contributed by atoms with E-state index in [1.54, 1.807) is 11.9 Å². The first-order chi connectivity index (χ1) is 7.91. The minimum absolute atomic E-state index is 0.0220. The SMILES string of the molecule is CC(C)CN(C)C(=O)CCN1C(=O)CCC1=O. The van der Waals surface area contributed by atoms with Crippen LogP contribution in [0.1, 0.15) is 33.1 Å². The predicted octanol–water partition coefficient (Wildman–Crippen LogP) is 0.640. The minimum atomic E-state index is -0.158. The summed E-state index contributed by atoms with van der Waals surface area (Å²) in [6.07, 6.45) is 0.796. The number of nitrogens with zero attached hydrogens (tertiary/aromatic N) is 2. The maximum Gasteiger partial charge on any atom is 0.229 e. The molecule has 0 N–H and O–H groups in total. The van der Waals surface area contributed by atoms with E-state index in [0.717, 1.165) is 0 Å². The molecule has 96 valence electrons. The largest absolute Gasteiger partial charge is 0.345 e. The Morgan fingerprint density at radius 1 is 1.29 bits per heavy atom. The maximum absolute atomic E-state index is 11.7. The highest BCUT2D eigenvalue weighted by Gasteiger charge is 2.29. The molecule has 1 aliphatic heterocycles. The molecule has 0 bridgehead atoms. The summed E-state index contributed by atoms with van der Waals surface area (Å²) in [5.41, 5.74) is 0. The van der Waals surface area contributed by atoms with Crippen molar-refractivity contribution in [2.75, 3.05) is 20.1 Å². The van der Waals surface area contributed by atoms with E-state index < -0.39 is 0 Å². The Balaban J connectivity index is 2.37. The molecule has 3 amide bonds. The molecule has 1 rings (SSSR count). The highest BCUT2D eigenvalue weighted by Crippen LogP contribution is 2.12. The zero-order chi connectivity index (χ0) is 13.0. The molecule has 0 aromatic heterocycles. The summed E-state index contributed by atoms with van der Waals surface area (Å²) in [4.78, 5) is 37.2. The van der Waals surface area contributed by atoms with Crippen molar-refractivity contribution in [1.29, 1.82) is 0 Å². The van der Waals surface area contributed by atoms with Gasteiger partial charge in [-0.05, 0) is 5.92 Å². The number of hydrogen-bond acceptors (Lipinski definition) is 3. The lowest BCUT2D eigenvalue weighted by Crippen LogP contribution is -2.36. The highest BCUT2D eigenvalue weighted by atomic mass is 16.2. The van der Waals surface area contributed by atoms with Gasteiger partial charge in [-0.1, -0.05) is 13.8 Å². The molecule has 1 heterocycles. The van der Waals surface area contributed by atoms with Crippen LogP contribution in [0.4, 0.5) is 0 Å². The van der Waals surface area contributed by atoms with Crippen LogP contribution in [0, 0.1) is 5.92 Å². The first kappa shape index (κ1) is 13.7. The smallest absolute Gasteiger partial charge is 0.229 e. The zero-order valence-electron chi connectivity index (χ0n) is 10.7. The molecular weight excluding hydrogens is 220 g/mol. The summed E-state index contributed by atoms with van der Waals surface area (Å²) in [5, 5.41) is 0. The van der Waals surface area contributed by atoms with Crippen molar-refractivity contribution in [1.82, 2.24) is 9.80 Å². The molecule has 0 aromatic rings. The Hall–Kier alpha value is -1.39. The van der Waals surface area contributed by atoms with Crippen LogP contribution in [-0.4, -0.2) is 47.7 Å². The molecule has 0 atom stereocenters. The fraction of sp³-hybridized carbons (Fsp3) is 0.750. The Morgan fingerprint density at radius 2 is 1.82 bits per heavy atom. The van der Waals surface area contributed by atoms with Gasteiger partial charge in [-0.25, -0.2) is 0 Å². The van der Waals surface area contributed by atoms with E-state index >= 15 is 0 Å². The van der Waals surface area contributed by atoms with Crippen molar-refractivity contribution < 1.29 is 14.4 Å². The first-order valence-electron chi connectivity index (χ1n) is 5.99. The van der Waals surface area contributed by atoms with Gasteiger partial charge in [0, 0.05) is 39.4 Å². The van der Waals surface area contributed by atoms with E-state index in [9.17, 15) is 14.4 Å². The number of rotatable bonds is 5. The topological polar surface area (TPSA) is 57.7 Å². The molecule has 0 spiro atoms. The third-order valence-electron chi connectivity index (χ3n) is 2.77. The second-order valence-electron chi connectivity index (χ2n) is 4.86. The third kappa shape index (κ3) is 3.84. The molecule has 0 saturated carbocycles. The molecule has 5 nitrogen and oxygen atoms in total. The van der Waals surface area contributed by atoms with E-state index in [4.69, 9.17) is 0 Å². The van der Waals surface area contributed by atoms with Gasteiger partial charge in [-0.15, -0.1) is 0 Å². The molecule has 17 heavy (non-hydrogen) atoms. The quantitative estimate of drug-likeness (QED) is 0.663.